The lowest BCUT2D eigenvalue weighted by atomic mass is 9.89. The van der Waals surface area contributed by atoms with Crippen LogP contribution in [0.15, 0.2) is 12.1 Å². The van der Waals surface area contributed by atoms with Gasteiger partial charge in [0.2, 0.25) is 0 Å². The van der Waals surface area contributed by atoms with Crippen molar-refractivity contribution in [1.82, 2.24) is 0 Å². The quantitative estimate of drug-likeness (QED) is 0.876. The first-order chi connectivity index (χ1) is 8.63. The highest BCUT2D eigenvalue weighted by atomic mass is 16.5. The molecular formula is C16H25NO. The molecule has 1 aliphatic rings. The molecule has 0 heterocycles. The molecule has 2 rings (SSSR count). The lowest BCUT2D eigenvalue weighted by molar-refractivity contribution is 0.337. The average Bonchev–Trinajstić information content (AvgIpc) is 2.86. The van der Waals surface area contributed by atoms with Crippen LogP contribution in [0, 0.1) is 19.8 Å². The van der Waals surface area contributed by atoms with Crippen LogP contribution < -0.4 is 10.5 Å². The molecule has 2 N–H and O–H groups in total. The smallest absolute Gasteiger partial charge is 0.122 e. The van der Waals surface area contributed by atoms with Gasteiger partial charge in [-0.05, 0) is 62.3 Å². The molecule has 0 saturated heterocycles. The second kappa shape index (κ2) is 5.75. The molecule has 1 aliphatic carbocycles. The summed E-state index contributed by atoms with van der Waals surface area (Å²) in [5, 5.41) is 0. The van der Waals surface area contributed by atoms with Crippen molar-refractivity contribution in [2.75, 3.05) is 6.61 Å². The summed E-state index contributed by atoms with van der Waals surface area (Å²) in [6.45, 7) is 6.99. The van der Waals surface area contributed by atoms with E-state index in [1.807, 2.05) is 6.92 Å². The monoisotopic (exact) mass is 247 g/mol. The molecule has 1 fully saturated rings. The lowest BCUT2D eigenvalue weighted by Gasteiger charge is -2.22. The van der Waals surface area contributed by atoms with Crippen molar-refractivity contribution in [2.24, 2.45) is 11.7 Å². The van der Waals surface area contributed by atoms with Crippen molar-refractivity contribution in [2.45, 2.75) is 52.5 Å². The first-order valence-electron chi connectivity index (χ1n) is 7.13. The molecule has 1 unspecified atom stereocenters. The maximum absolute atomic E-state index is 6.45. The zero-order valence-corrected chi connectivity index (χ0v) is 11.8. The van der Waals surface area contributed by atoms with E-state index in [-0.39, 0.29) is 6.04 Å². The van der Waals surface area contributed by atoms with Gasteiger partial charge in [0.05, 0.1) is 6.61 Å². The molecule has 1 aromatic carbocycles. The Balaban J connectivity index is 2.24. The summed E-state index contributed by atoms with van der Waals surface area (Å²) < 4.78 is 5.64. The first kappa shape index (κ1) is 13.4. The number of hydrogen-bond donors (Lipinski definition) is 1. The van der Waals surface area contributed by atoms with Gasteiger partial charge in [0.1, 0.15) is 5.75 Å². The highest BCUT2D eigenvalue weighted by molar-refractivity contribution is 5.43. The maximum atomic E-state index is 6.45. The minimum atomic E-state index is 0.196. The molecule has 1 saturated carbocycles. The Morgan fingerprint density at radius 3 is 2.50 bits per heavy atom. The van der Waals surface area contributed by atoms with Gasteiger partial charge in [-0.3, -0.25) is 0 Å². The molecular weight excluding hydrogens is 222 g/mol. The third kappa shape index (κ3) is 2.69. The number of hydrogen-bond acceptors (Lipinski definition) is 2. The summed E-state index contributed by atoms with van der Waals surface area (Å²) in [6, 6.07) is 4.56. The molecule has 100 valence electrons. The van der Waals surface area contributed by atoms with E-state index in [9.17, 15) is 0 Å². The molecule has 0 bridgehead atoms. The third-order valence-corrected chi connectivity index (χ3v) is 4.13. The predicted molar refractivity (Wildman–Crippen MR) is 76.0 cm³/mol. The number of aryl methyl sites for hydroxylation is 2. The molecule has 0 aromatic heterocycles. The lowest BCUT2D eigenvalue weighted by Crippen LogP contribution is -2.20. The van der Waals surface area contributed by atoms with Crippen LogP contribution in [0.4, 0.5) is 0 Å². The minimum absolute atomic E-state index is 0.196. The van der Waals surface area contributed by atoms with Crippen LogP contribution in [0.25, 0.3) is 0 Å². The van der Waals surface area contributed by atoms with Crippen LogP contribution >= 0.6 is 0 Å². The summed E-state index contributed by atoms with van der Waals surface area (Å²) in [6.07, 6.45) is 5.25. The Kier molecular flexibility index (Phi) is 4.28. The Labute approximate surface area is 111 Å². The number of nitrogens with two attached hydrogens (primary N) is 1. The average molecular weight is 247 g/mol. The second-order valence-corrected chi connectivity index (χ2v) is 5.48. The van der Waals surface area contributed by atoms with Crippen LogP contribution in [0.2, 0.25) is 0 Å². The fourth-order valence-electron chi connectivity index (χ4n) is 3.05. The van der Waals surface area contributed by atoms with Gasteiger partial charge in [-0.25, -0.2) is 0 Å². The van der Waals surface area contributed by atoms with Crippen LogP contribution in [-0.4, -0.2) is 6.61 Å². The summed E-state index contributed by atoms with van der Waals surface area (Å²) in [5.41, 5.74) is 10.2. The topological polar surface area (TPSA) is 35.2 Å². The fraction of sp³-hybridized carbons (Fsp3) is 0.625. The Morgan fingerprint density at radius 2 is 1.89 bits per heavy atom. The largest absolute Gasteiger partial charge is 0.494 e. The fourth-order valence-corrected chi connectivity index (χ4v) is 3.05. The molecule has 0 radical (unpaired) electrons. The Bertz CT molecular complexity index is 408. The molecule has 1 atom stereocenters. The minimum Gasteiger partial charge on any atom is -0.494 e. The van der Waals surface area contributed by atoms with Gasteiger partial charge in [0.25, 0.3) is 0 Å². The highest BCUT2D eigenvalue weighted by Crippen LogP contribution is 2.36. The molecule has 0 aliphatic heterocycles. The van der Waals surface area contributed by atoms with Crippen molar-refractivity contribution in [3.8, 4) is 5.75 Å². The standard InChI is InChI=1S/C16H25NO/c1-4-18-15-10-11(2)14(9-12(15)3)16(17)13-7-5-6-8-13/h9-10,13,16H,4-8,17H2,1-3H3. The number of rotatable bonds is 4. The van der Waals surface area contributed by atoms with E-state index in [1.165, 1.54) is 42.4 Å². The van der Waals surface area contributed by atoms with Crippen LogP contribution in [0.5, 0.6) is 5.75 Å². The summed E-state index contributed by atoms with van der Waals surface area (Å²) in [4.78, 5) is 0. The highest BCUT2D eigenvalue weighted by Gasteiger charge is 2.24. The first-order valence-corrected chi connectivity index (χ1v) is 7.13. The summed E-state index contributed by atoms with van der Waals surface area (Å²) >= 11 is 0. The maximum Gasteiger partial charge on any atom is 0.122 e. The van der Waals surface area contributed by atoms with Gasteiger partial charge in [-0.1, -0.05) is 18.9 Å². The van der Waals surface area contributed by atoms with E-state index >= 15 is 0 Å². The van der Waals surface area contributed by atoms with E-state index in [0.717, 1.165) is 5.75 Å². The van der Waals surface area contributed by atoms with Crippen LogP contribution in [0.1, 0.15) is 55.3 Å². The van der Waals surface area contributed by atoms with E-state index < -0.39 is 0 Å². The van der Waals surface area contributed by atoms with Crippen molar-refractivity contribution >= 4 is 0 Å². The van der Waals surface area contributed by atoms with Crippen molar-refractivity contribution < 1.29 is 4.74 Å². The zero-order chi connectivity index (χ0) is 13.1. The van der Waals surface area contributed by atoms with Gasteiger partial charge < -0.3 is 10.5 Å². The van der Waals surface area contributed by atoms with Gasteiger partial charge in [0.15, 0.2) is 0 Å². The zero-order valence-electron chi connectivity index (χ0n) is 11.8. The molecule has 18 heavy (non-hydrogen) atoms. The van der Waals surface area contributed by atoms with E-state index in [2.05, 4.69) is 26.0 Å². The van der Waals surface area contributed by atoms with Crippen LogP contribution in [0.3, 0.4) is 0 Å². The molecule has 0 spiro atoms. The van der Waals surface area contributed by atoms with Crippen LogP contribution in [-0.2, 0) is 0 Å². The normalized spacial score (nSPS) is 18.0. The van der Waals surface area contributed by atoms with Crippen molar-refractivity contribution in [1.29, 1.82) is 0 Å². The van der Waals surface area contributed by atoms with Gasteiger partial charge in [-0.2, -0.15) is 0 Å². The molecule has 2 heteroatoms. The molecule has 1 aromatic rings. The van der Waals surface area contributed by atoms with Gasteiger partial charge >= 0.3 is 0 Å². The van der Waals surface area contributed by atoms with Gasteiger partial charge in [-0.15, -0.1) is 0 Å². The summed E-state index contributed by atoms with van der Waals surface area (Å²) in [7, 11) is 0. The second-order valence-electron chi connectivity index (χ2n) is 5.48. The number of ether oxygens (including phenoxy) is 1. The SMILES string of the molecule is CCOc1cc(C)c(C(N)C2CCCC2)cc1C. The molecule has 0 amide bonds. The van der Waals surface area contributed by atoms with Crippen molar-refractivity contribution in [3.63, 3.8) is 0 Å². The van der Waals surface area contributed by atoms with E-state index in [1.54, 1.807) is 0 Å². The van der Waals surface area contributed by atoms with Crippen molar-refractivity contribution in [3.05, 3.63) is 28.8 Å². The summed E-state index contributed by atoms with van der Waals surface area (Å²) in [5.74, 6) is 1.67. The number of benzene rings is 1. The van der Waals surface area contributed by atoms with E-state index in [4.69, 9.17) is 10.5 Å². The van der Waals surface area contributed by atoms with Gasteiger partial charge in [0, 0.05) is 6.04 Å². The predicted octanol–water partition coefficient (Wildman–Crippen LogP) is 3.89. The Hall–Kier alpha value is -1.02. The molecule has 2 nitrogen and oxygen atoms in total. The third-order valence-electron chi connectivity index (χ3n) is 4.13. The Morgan fingerprint density at radius 1 is 1.22 bits per heavy atom. The van der Waals surface area contributed by atoms with E-state index in [0.29, 0.717) is 12.5 Å².